The van der Waals surface area contributed by atoms with Crippen LogP contribution in [0.4, 0.5) is 26.3 Å². The van der Waals surface area contributed by atoms with Gasteiger partial charge in [-0.25, -0.2) is 13.6 Å². The molecule has 0 aromatic carbocycles. The molecule has 12 heteroatoms. The van der Waals surface area contributed by atoms with Gasteiger partial charge in [0.05, 0.1) is 25.6 Å². The van der Waals surface area contributed by atoms with Crippen molar-refractivity contribution in [2.75, 3.05) is 25.6 Å². The van der Waals surface area contributed by atoms with Gasteiger partial charge in [-0.3, -0.25) is 0 Å². The highest BCUT2D eigenvalue weighted by molar-refractivity contribution is 7.89. The van der Waals surface area contributed by atoms with Crippen molar-refractivity contribution in [2.24, 2.45) is 5.14 Å². The quantitative estimate of drug-likeness (QED) is 0.556. The van der Waals surface area contributed by atoms with Gasteiger partial charge >= 0.3 is 12.4 Å². The van der Waals surface area contributed by atoms with Crippen LogP contribution in [-0.4, -0.2) is 52.4 Å². The Morgan fingerprint density at radius 1 is 0.947 bits per heavy atom. The van der Waals surface area contributed by atoms with Gasteiger partial charge in [0, 0.05) is 0 Å². The van der Waals surface area contributed by atoms with E-state index in [-0.39, 0.29) is 0 Å². The number of hydrogen-bond acceptors (Lipinski definition) is 4. The highest BCUT2D eigenvalue weighted by Crippen LogP contribution is 2.35. The third kappa shape index (κ3) is 9.02. The number of rotatable bonds is 7. The van der Waals surface area contributed by atoms with Gasteiger partial charge in [0.1, 0.15) is 0 Å². The number of halogens is 6. The van der Waals surface area contributed by atoms with E-state index in [1.807, 2.05) is 0 Å². The Labute approximate surface area is 104 Å². The van der Waals surface area contributed by atoms with Crippen LogP contribution in [0.5, 0.6) is 0 Å². The van der Waals surface area contributed by atoms with Crippen LogP contribution in [-0.2, 0) is 19.5 Å². The van der Waals surface area contributed by atoms with Crippen LogP contribution in [0.2, 0.25) is 0 Å². The molecule has 0 heterocycles. The normalized spacial score (nSPS) is 14.1. The molecule has 0 spiro atoms. The zero-order valence-corrected chi connectivity index (χ0v) is 10.1. The number of nitrogens with two attached hydrogens (primary N) is 1. The number of alkyl halides is 6. The minimum absolute atomic E-state index is 0.453. The number of hydrogen-bond donors (Lipinski definition) is 1. The first-order chi connectivity index (χ1) is 8.34. The van der Waals surface area contributed by atoms with Crippen LogP contribution < -0.4 is 5.14 Å². The largest absolute Gasteiger partial charge is 0.423 e. The smallest absolute Gasteiger partial charge is 0.378 e. The second kappa shape index (κ2) is 6.72. The van der Waals surface area contributed by atoms with Crippen LogP contribution >= 0.6 is 0 Å². The summed E-state index contributed by atoms with van der Waals surface area (Å²) in [4.78, 5) is 0. The van der Waals surface area contributed by atoms with Crippen molar-refractivity contribution in [2.45, 2.75) is 18.5 Å². The first kappa shape index (κ1) is 18.4. The van der Waals surface area contributed by atoms with Gasteiger partial charge in [0.15, 0.2) is 0 Å². The summed E-state index contributed by atoms with van der Waals surface area (Å²) >= 11 is 0. The lowest BCUT2D eigenvalue weighted by Gasteiger charge is -2.22. The van der Waals surface area contributed by atoms with Crippen molar-refractivity contribution >= 4 is 10.0 Å². The molecule has 0 aromatic heterocycles. The van der Waals surface area contributed by atoms with Gasteiger partial charge in [-0.05, 0) is 0 Å². The maximum atomic E-state index is 12.0. The van der Waals surface area contributed by atoms with E-state index in [1.165, 1.54) is 0 Å². The van der Waals surface area contributed by atoms with Crippen molar-refractivity contribution < 1.29 is 44.2 Å². The first-order valence-corrected chi connectivity index (χ1v) is 6.39. The number of primary sulfonamides is 1. The zero-order chi connectivity index (χ0) is 15.3. The van der Waals surface area contributed by atoms with E-state index < -0.39 is 54.1 Å². The molecule has 0 radical (unpaired) electrons. The Balaban J connectivity index is 4.03. The number of ether oxygens (including phenoxy) is 2. The van der Waals surface area contributed by atoms with E-state index in [0.29, 0.717) is 0 Å². The third-order valence-corrected chi connectivity index (χ3v) is 2.35. The molecule has 0 atom stereocenters. The van der Waals surface area contributed by atoms with E-state index >= 15 is 0 Å². The average Bonchev–Trinajstić information content (AvgIpc) is 2.10. The fraction of sp³-hybridized carbons (Fsp3) is 1.00. The molecule has 0 amide bonds. The third-order valence-electron chi connectivity index (χ3n) is 1.62. The van der Waals surface area contributed by atoms with Crippen LogP contribution in [0.3, 0.4) is 0 Å². The second-order valence-electron chi connectivity index (χ2n) is 3.31. The van der Waals surface area contributed by atoms with E-state index in [2.05, 4.69) is 14.6 Å². The van der Waals surface area contributed by atoms with Gasteiger partial charge in [-0.2, -0.15) is 26.3 Å². The lowest BCUT2D eigenvalue weighted by molar-refractivity contribution is -0.322. The lowest BCUT2D eigenvalue weighted by Crippen LogP contribution is -2.44. The zero-order valence-electron chi connectivity index (χ0n) is 9.29. The maximum Gasteiger partial charge on any atom is 0.423 e. The minimum Gasteiger partial charge on any atom is -0.378 e. The molecule has 0 bridgehead atoms. The van der Waals surface area contributed by atoms with Crippen LogP contribution in [0.15, 0.2) is 0 Å². The monoisotopic (exact) mass is 319 g/mol. The first-order valence-electron chi connectivity index (χ1n) is 4.67. The molecule has 5 nitrogen and oxygen atoms in total. The average molecular weight is 319 g/mol. The molecule has 0 saturated carbocycles. The maximum absolute atomic E-state index is 12.0. The molecular formula is C7H11F6NO4S. The fourth-order valence-corrected chi connectivity index (χ4v) is 1.23. The van der Waals surface area contributed by atoms with Crippen LogP contribution in [0.25, 0.3) is 0 Å². The molecule has 0 aliphatic carbocycles. The highest BCUT2D eigenvalue weighted by atomic mass is 32.2. The Kier molecular flexibility index (Phi) is 6.51. The van der Waals surface area contributed by atoms with Crippen molar-refractivity contribution in [1.82, 2.24) is 0 Å². The van der Waals surface area contributed by atoms with Crippen LogP contribution in [0.1, 0.15) is 0 Å². The predicted molar refractivity (Wildman–Crippen MR) is 50.6 cm³/mol. The molecule has 116 valence electrons. The van der Waals surface area contributed by atoms with E-state index in [4.69, 9.17) is 0 Å². The standard InChI is InChI=1S/C7H11F6NO4S/c8-6(9,10)5(7(11,12)13)18-2-1-17-3-4-19(14,15)16/h5H,1-4H2,(H2,14,15,16). The molecule has 19 heavy (non-hydrogen) atoms. The van der Waals surface area contributed by atoms with Crippen molar-refractivity contribution in [3.05, 3.63) is 0 Å². The second-order valence-corrected chi connectivity index (χ2v) is 5.05. The summed E-state index contributed by atoms with van der Waals surface area (Å²) in [6.07, 6.45) is -15.1. The molecule has 0 unspecified atom stereocenters. The predicted octanol–water partition coefficient (Wildman–Crippen LogP) is 0.801. The van der Waals surface area contributed by atoms with Gasteiger partial charge in [0.25, 0.3) is 0 Å². The van der Waals surface area contributed by atoms with E-state index in [1.54, 1.807) is 0 Å². The highest BCUT2D eigenvalue weighted by Gasteiger charge is 2.57. The van der Waals surface area contributed by atoms with Crippen molar-refractivity contribution in [1.29, 1.82) is 0 Å². The molecular weight excluding hydrogens is 308 g/mol. The summed E-state index contributed by atoms with van der Waals surface area (Å²) in [5.41, 5.74) is 0. The van der Waals surface area contributed by atoms with Gasteiger partial charge in [-0.1, -0.05) is 0 Å². The number of sulfonamides is 1. The summed E-state index contributed by atoms with van der Waals surface area (Å²) in [7, 11) is -3.80. The molecule has 2 N–H and O–H groups in total. The SMILES string of the molecule is NS(=O)(=O)CCOCCOC(C(F)(F)F)C(F)(F)F. The van der Waals surface area contributed by atoms with Crippen molar-refractivity contribution in [3.8, 4) is 0 Å². The van der Waals surface area contributed by atoms with Gasteiger partial charge in [0.2, 0.25) is 16.1 Å². The summed E-state index contributed by atoms with van der Waals surface area (Å²) in [6.45, 7) is -2.07. The van der Waals surface area contributed by atoms with E-state index in [9.17, 15) is 34.8 Å². The Morgan fingerprint density at radius 2 is 1.42 bits per heavy atom. The lowest BCUT2D eigenvalue weighted by atomic mass is 10.3. The topological polar surface area (TPSA) is 78.6 Å². The van der Waals surface area contributed by atoms with Gasteiger partial charge in [-0.15, -0.1) is 0 Å². The summed E-state index contributed by atoms with van der Waals surface area (Å²) in [6, 6.07) is 0. The Hall–Kier alpha value is -0.590. The fourth-order valence-electron chi connectivity index (χ4n) is 0.877. The minimum atomic E-state index is -5.58. The van der Waals surface area contributed by atoms with Gasteiger partial charge < -0.3 is 9.47 Å². The molecule has 0 rings (SSSR count). The Morgan fingerprint density at radius 3 is 1.79 bits per heavy atom. The molecule has 0 aromatic rings. The molecule has 0 aliphatic rings. The summed E-state index contributed by atoms with van der Waals surface area (Å²) in [5, 5.41) is 4.58. The van der Waals surface area contributed by atoms with Crippen LogP contribution in [0, 0.1) is 0 Å². The Bertz CT molecular complexity index is 351. The van der Waals surface area contributed by atoms with E-state index in [0.717, 1.165) is 0 Å². The molecule has 0 fully saturated rings. The molecule has 0 saturated heterocycles. The summed E-state index contributed by atoms with van der Waals surface area (Å²) in [5.74, 6) is -0.602. The van der Waals surface area contributed by atoms with Crippen molar-refractivity contribution in [3.63, 3.8) is 0 Å². The molecule has 0 aliphatic heterocycles. The summed E-state index contributed by atoms with van der Waals surface area (Å²) < 4.78 is 101.